The lowest BCUT2D eigenvalue weighted by atomic mass is 10.1. The topological polar surface area (TPSA) is 55.2 Å². The molecule has 1 amide bonds. The van der Waals surface area contributed by atoms with E-state index in [4.69, 9.17) is 0 Å². The summed E-state index contributed by atoms with van der Waals surface area (Å²) in [6.45, 7) is 2.24. The van der Waals surface area contributed by atoms with E-state index in [2.05, 4.69) is 4.98 Å². The third kappa shape index (κ3) is 2.81. The fourth-order valence-electron chi connectivity index (χ4n) is 2.67. The highest BCUT2D eigenvalue weighted by Crippen LogP contribution is 2.29. The normalized spacial score (nSPS) is 18.7. The van der Waals surface area contributed by atoms with Crippen molar-refractivity contribution in [3.05, 3.63) is 24.5 Å². The Labute approximate surface area is 127 Å². The predicted octanol–water partition coefficient (Wildman–Crippen LogP) is 2.21. The fourth-order valence-corrected chi connectivity index (χ4v) is 3.36. The number of hydrogen-bond donors (Lipinski definition) is 0. The molecule has 1 aromatic heterocycles. The van der Waals surface area contributed by atoms with Gasteiger partial charge in [-0.25, -0.2) is 4.98 Å². The molecule has 5 nitrogen and oxygen atoms in total. The molecule has 0 radical (unpaired) electrons. The Morgan fingerprint density at radius 3 is 3.05 bits per heavy atom. The quantitative estimate of drug-likeness (QED) is 0.872. The summed E-state index contributed by atoms with van der Waals surface area (Å²) in [6, 6.07) is 5.90. The average molecular weight is 303 g/mol. The summed E-state index contributed by atoms with van der Waals surface area (Å²) in [5, 5.41) is 0.107. The number of nitrogens with zero attached hydrogens (tertiary/aromatic N) is 3. The van der Waals surface area contributed by atoms with Gasteiger partial charge in [-0.1, -0.05) is 11.8 Å². The summed E-state index contributed by atoms with van der Waals surface area (Å²) in [5.41, 5.74) is 2.83. The van der Waals surface area contributed by atoms with E-state index in [9.17, 15) is 9.59 Å². The van der Waals surface area contributed by atoms with E-state index in [0.717, 1.165) is 16.7 Å². The zero-order chi connectivity index (χ0) is 15.0. The minimum absolute atomic E-state index is 0.107. The fraction of sp³-hybridized carbons (Fsp3) is 0.400. The number of aryl methyl sites for hydroxylation is 1. The summed E-state index contributed by atoms with van der Waals surface area (Å²) >= 11 is 1.30. The van der Waals surface area contributed by atoms with Crippen LogP contribution in [0.15, 0.2) is 24.5 Å². The second-order valence-electron chi connectivity index (χ2n) is 5.41. The molecule has 1 saturated heterocycles. The lowest BCUT2D eigenvalue weighted by molar-refractivity contribution is -0.117. The van der Waals surface area contributed by atoms with Crippen LogP contribution in [0.3, 0.4) is 0 Å². The van der Waals surface area contributed by atoms with Gasteiger partial charge in [0.15, 0.2) is 5.12 Å². The van der Waals surface area contributed by atoms with E-state index in [-0.39, 0.29) is 16.9 Å². The number of carbonyl (C=O) groups excluding carboxylic acids is 2. The highest BCUT2D eigenvalue weighted by Gasteiger charge is 2.30. The maximum Gasteiger partial charge on any atom is 0.227 e. The largest absolute Gasteiger partial charge is 0.334 e. The lowest BCUT2D eigenvalue weighted by Crippen LogP contribution is -2.24. The molecule has 1 aliphatic heterocycles. The number of amides is 1. The van der Waals surface area contributed by atoms with Crippen molar-refractivity contribution in [3.8, 4) is 0 Å². The zero-order valence-corrected chi connectivity index (χ0v) is 12.9. The van der Waals surface area contributed by atoms with Crippen LogP contribution in [0.1, 0.15) is 13.3 Å². The molecule has 1 fully saturated rings. The van der Waals surface area contributed by atoms with E-state index in [1.54, 1.807) is 18.2 Å². The van der Waals surface area contributed by atoms with E-state index in [1.165, 1.54) is 11.8 Å². The molecule has 6 heteroatoms. The SMILES string of the molecule is CC(=O)SCC1CC(=O)N(c2ccc3c(c2)ncn3C)C1. The summed E-state index contributed by atoms with van der Waals surface area (Å²) in [4.78, 5) is 29.3. The van der Waals surface area contributed by atoms with Gasteiger partial charge < -0.3 is 9.47 Å². The molecule has 110 valence electrons. The van der Waals surface area contributed by atoms with Crippen LogP contribution in [0.4, 0.5) is 5.69 Å². The number of hydrogen-bond acceptors (Lipinski definition) is 4. The lowest BCUT2D eigenvalue weighted by Gasteiger charge is -2.16. The van der Waals surface area contributed by atoms with Gasteiger partial charge in [0.2, 0.25) is 5.91 Å². The first-order valence-electron chi connectivity index (χ1n) is 6.89. The number of thioether (sulfide) groups is 1. The van der Waals surface area contributed by atoms with Crippen molar-refractivity contribution in [2.24, 2.45) is 13.0 Å². The van der Waals surface area contributed by atoms with Gasteiger partial charge in [-0.2, -0.15) is 0 Å². The Morgan fingerprint density at radius 2 is 2.29 bits per heavy atom. The number of imidazole rings is 1. The highest BCUT2D eigenvalue weighted by atomic mass is 32.2. The van der Waals surface area contributed by atoms with Gasteiger partial charge in [0, 0.05) is 38.4 Å². The van der Waals surface area contributed by atoms with Gasteiger partial charge in [-0.05, 0) is 24.1 Å². The van der Waals surface area contributed by atoms with Crippen LogP contribution in [0.5, 0.6) is 0 Å². The Hall–Kier alpha value is -1.82. The summed E-state index contributed by atoms with van der Waals surface area (Å²) in [5.74, 6) is 1.08. The highest BCUT2D eigenvalue weighted by molar-refractivity contribution is 8.13. The van der Waals surface area contributed by atoms with Crippen molar-refractivity contribution in [3.63, 3.8) is 0 Å². The van der Waals surface area contributed by atoms with Crippen molar-refractivity contribution in [2.75, 3.05) is 17.2 Å². The second-order valence-corrected chi connectivity index (χ2v) is 6.60. The monoisotopic (exact) mass is 303 g/mol. The van der Waals surface area contributed by atoms with E-state index < -0.39 is 0 Å². The van der Waals surface area contributed by atoms with Crippen LogP contribution in [0, 0.1) is 5.92 Å². The van der Waals surface area contributed by atoms with Gasteiger partial charge >= 0.3 is 0 Å². The molecular formula is C15H17N3O2S. The minimum Gasteiger partial charge on any atom is -0.334 e. The first-order valence-corrected chi connectivity index (χ1v) is 7.88. The molecule has 0 N–H and O–H groups in total. The molecule has 0 spiro atoms. The van der Waals surface area contributed by atoms with Crippen molar-refractivity contribution in [2.45, 2.75) is 13.3 Å². The molecule has 1 unspecified atom stereocenters. The zero-order valence-electron chi connectivity index (χ0n) is 12.1. The molecule has 0 saturated carbocycles. The van der Waals surface area contributed by atoms with Crippen LogP contribution in [0.25, 0.3) is 11.0 Å². The summed E-state index contributed by atoms with van der Waals surface area (Å²) in [7, 11) is 1.95. The van der Waals surface area contributed by atoms with Gasteiger partial charge in [0.05, 0.1) is 17.4 Å². The summed E-state index contributed by atoms with van der Waals surface area (Å²) in [6.07, 6.45) is 2.28. The molecular weight excluding hydrogens is 286 g/mol. The molecule has 1 aliphatic rings. The molecule has 2 aromatic rings. The van der Waals surface area contributed by atoms with Gasteiger partial charge in [-0.15, -0.1) is 0 Å². The number of benzene rings is 1. The van der Waals surface area contributed by atoms with Crippen LogP contribution in [-0.4, -0.2) is 32.9 Å². The minimum atomic E-state index is 0.107. The maximum atomic E-state index is 12.2. The molecule has 1 atom stereocenters. The van der Waals surface area contributed by atoms with E-state index in [0.29, 0.717) is 18.7 Å². The number of fused-ring (bicyclic) bond motifs is 1. The second kappa shape index (κ2) is 5.52. The van der Waals surface area contributed by atoms with Crippen LogP contribution < -0.4 is 4.90 Å². The standard InChI is InChI=1S/C15H17N3O2S/c1-10(19)21-8-11-5-15(20)18(7-11)12-3-4-14-13(6-12)16-9-17(14)2/h3-4,6,9,11H,5,7-8H2,1-2H3. The summed E-state index contributed by atoms with van der Waals surface area (Å²) < 4.78 is 1.96. The number of carbonyl (C=O) groups is 2. The van der Waals surface area contributed by atoms with Gasteiger partial charge in [0.25, 0.3) is 0 Å². The van der Waals surface area contributed by atoms with Gasteiger partial charge in [0.1, 0.15) is 0 Å². The first kappa shape index (κ1) is 14.1. The smallest absolute Gasteiger partial charge is 0.227 e. The van der Waals surface area contributed by atoms with E-state index in [1.807, 2.05) is 29.8 Å². The number of rotatable bonds is 3. The molecule has 1 aromatic carbocycles. The van der Waals surface area contributed by atoms with Crippen molar-refractivity contribution in [1.82, 2.24) is 9.55 Å². The Bertz CT molecular complexity index is 710. The molecule has 0 aliphatic carbocycles. The Morgan fingerprint density at radius 1 is 1.48 bits per heavy atom. The van der Waals surface area contributed by atoms with E-state index >= 15 is 0 Å². The molecule has 3 rings (SSSR count). The molecule has 0 bridgehead atoms. The Kier molecular flexibility index (Phi) is 3.71. The Balaban J connectivity index is 1.78. The predicted molar refractivity (Wildman–Crippen MR) is 84.3 cm³/mol. The molecule has 2 heterocycles. The molecule has 21 heavy (non-hydrogen) atoms. The maximum absolute atomic E-state index is 12.2. The van der Waals surface area contributed by atoms with Crippen LogP contribution in [0.2, 0.25) is 0 Å². The third-order valence-corrected chi connectivity index (χ3v) is 4.79. The average Bonchev–Trinajstić information content (AvgIpc) is 3.00. The van der Waals surface area contributed by atoms with Gasteiger partial charge in [-0.3, -0.25) is 9.59 Å². The van der Waals surface area contributed by atoms with Crippen LogP contribution in [-0.2, 0) is 16.6 Å². The van der Waals surface area contributed by atoms with Crippen molar-refractivity contribution < 1.29 is 9.59 Å². The third-order valence-electron chi connectivity index (χ3n) is 3.75. The van der Waals surface area contributed by atoms with Crippen LogP contribution >= 0.6 is 11.8 Å². The number of anilines is 1. The van der Waals surface area contributed by atoms with Crippen molar-refractivity contribution >= 4 is 39.5 Å². The number of aromatic nitrogens is 2. The first-order chi connectivity index (χ1) is 10.0. The van der Waals surface area contributed by atoms with Crippen molar-refractivity contribution in [1.29, 1.82) is 0 Å².